The first-order valence-corrected chi connectivity index (χ1v) is 9.15. The van der Waals surface area contributed by atoms with Crippen molar-refractivity contribution >= 4 is 17.5 Å². The van der Waals surface area contributed by atoms with E-state index < -0.39 is 12.0 Å². The highest BCUT2D eigenvalue weighted by molar-refractivity contribution is 5.94. The lowest BCUT2D eigenvalue weighted by Crippen LogP contribution is -2.30. The molecule has 0 aliphatic heterocycles. The van der Waals surface area contributed by atoms with E-state index in [1.165, 1.54) is 0 Å². The van der Waals surface area contributed by atoms with Gasteiger partial charge >= 0.3 is 0 Å². The topological polar surface area (TPSA) is 90.7 Å². The molecule has 148 valence electrons. The molecule has 3 aromatic carbocycles. The van der Waals surface area contributed by atoms with Crippen LogP contribution in [-0.4, -0.2) is 24.5 Å². The van der Waals surface area contributed by atoms with E-state index in [1.807, 2.05) is 54.6 Å². The van der Waals surface area contributed by atoms with Gasteiger partial charge in [-0.25, -0.2) is 0 Å². The summed E-state index contributed by atoms with van der Waals surface area (Å²) in [6.45, 7) is 1.49. The quantitative estimate of drug-likeness (QED) is 0.615. The van der Waals surface area contributed by atoms with Gasteiger partial charge in [-0.1, -0.05) is 42.5 Å². The minimum atomic E-state index is -0.677. The van der Waals surface area contributed by atoms with Crippen LogP contribution < -0.4 is 20.5 Å². The van der Waals surface area contributed by atoms with Gasteiger partial charge in [-0.15, -0.1) is 0 Å². The number of anilines is 1. The summed E-state index contributed by atoms with van der Waals surface area (Å²) in [5.74, 6) is 0.278. The van der Waals surface area contributed by atoms with Crippen molar-refractivity contribution in [3.63, 3.8) is 0 Å². The highest BCUT2D eigenvalue weighted by Crippen LogP contribution is 2.23. The number of hydrogen-bond acceptors (Lipinski definition) is 4. The maximum Gasteiger partial charge on any atom is 0.265 e. The molecule has 29 heavy (non-hydrogen) atoms. The van der Waals surface area contributed by atoms with Crippen molar-refractivity contribution in [3.8, 4) is 22.6 Å². The first-order chi connectivity index (χ1) is 14.0. The van der Waals surface area contributed by atoms with Gasteiger partial charge in [-0.05, 0) is 54.4 Å². The first-order valence-electron chi connectivity index (χ1n) is 9.15. The molecule has 0 heterocycles. The Morgan fingerprint density at radius 2 is 1.45 bits per heavy atom. The fraction of sp³-hybridized carbons (Fsp3) is 0.130. The number of rotatable bonds is 8. The first kappa shape index (κ1) is 19.9. The van der Waals surface area contributed by atoms with Gasteiger partial charge in [0.15, 0.2) is 12.7 Å². The molecule has 2 amide bonds. The van der Waals surface area contributed by atoms with E-state index >= 15 is 0 Å². The van der Waals surface area contributed by atoms with Crippen LogP contribution in [0.4, 0.5) is 5.69 Å². The van der Waals surface area contributed by atoms with Crippen LogP contribution in [0.1, 0.15) is 6.92 Å². The Morgan fingerprint density at radius 1 is 0.862 bits per heavy atom. The van der Waals surface area contributed by atoms with Crippen molar-refractivity contribution in [3.05, 3.63) is 78.9 Å². The van der Waals surface area contributed by atoms with Crippen LogP contribution in [-0.2, 0) is 9.59 Å². The van der Waals surface area contributed by atoms with E-state index in [1.54, 1.807) is 31.2 Å². The van der Waals surface area contributed by atoms with Crippen LogP contribution in [0.25, 0.3) is 11.1 Å². The number of carbonyl (C=O) groups is 2. The summed E-state index contributed by atoms with van der Waals surface area (Å²) in [6.07, 6.45) is -0.677. The molecule has 3 rings (SSSR count). The summed E-state index contributed by atoms with van der Waals surface area (Å²) in [5, 5.41) is 2.78. The van der Waals surface area contributed by atoms with Gasteiger partial charge in [0, 0.05) is 5.69 Å². The van der Waals surface area contributed by atoms with Gasteiger partial charge in [0.2, 0.25) is 0 Å². The van der Waals surface area contributed by atoms with E-state index in [9.17, 15) is 9.59 Å². The molecule has 0 spiro atoms. The average Bonchev–Trinajstić information content (AvgIpc) is 2.74. The minimum Gasteiger partial charge on any atom is -0.484 e. The third-order valence-corrected chi connectivity index (χ3v) is 4.15. The van der Waals surface area contributed by atoms with Gasteiger partial charge in [0.1, 0.15) is 11.5 Å². The second kappa shape index (κ2) is 9.41. The van der Waals surface area contributed by atoms with E-state index in [-0.39, 0.29) is 12.5 Å². The number of primary amides is 1. The molecule has 0 aliphatic carbocycles. The molecule has 0 saturated carbocycles. The molecular weight excluding hydrogens is 368 g/mol. The number of nitrogens with two attached hydrogens (primary N) is 1. The smallest absolute Gasteiger partial charge is 0.265 e. The summed E-state index contributed by atoms with van der Waals surface area (Å²) in [5.41, 5.74) is 7.83. The Hall–Kier alpha value is -3.80. The van der Waals surface area contributed by atoms with Crippen LogP contribution in [0, 0.1) is 0 Å². The van der Waals surface area contributed by atoms with Gasteiger partial charge in [0.25, 0.3) is 11.8 Å². The number of benzene rings is 3. The Kier molecular flexibility index (Phi) is 6.47. The van der Waals surface area contributed by atoms with Crippen LogP contribution in [0.15, 0.2) is 78.9 Å². The fourth-order valence-electron chi connectivity index (χ4n) is 2.65. The van der Waals surface area contributed by atoms with E-state index in [2.05, 4.69) is 5.32 Å². The lowest BCUT2D eigenvalue weighted by molar-refractivity contribution is -0.122. The molecule has 0 fully saturated rings. The predicted octanol–water partition coefficient (Wildman–Crippen LogP) is 3.62. The monoisotopic (exact) mass is 390 g/mol. The lowest BCUT2D eigenvalue weighted by atomic mass is 10.1. The standard InChI is InChI=1S/C23H22N2O4/c1-16(23(27)25-19-9-13-20(14-10-19)28-15-22(24)26)29-21-11-7-18(8-12-21)17-5-3-2-4-6-17/h2-14,16H,15H2,1H3,(H2,24,26)(H,25,27)/t16-/m1/s1. The zero-order chi connectivity index (χ0) is 20.6. The molecule has 0 bridgehead atoms. The maximum absolute atomic E-state index is 12.4. The summed E-state index contributed by atoms with van der Waals surface area (Å²) >= 11 is 0. The molecule has 0 unspecified atom stereocenters. The normalized spacial score (nSPS) is 11.3. The van der Waals surface area contributed by atoms with Gasteiger partial charge in [-0.2, -0.15) is 0 Å². The Balaban J connectivity index is 1.54. The molecular formula is C23H22N2O4. The van der Waals surface area contributed by atoms with Crippen LogP contribution in [0.3, 0.4) is 0 Å². The summed E-state index contributed by atoms with van der Waals surface area (Å²) < 4.78 is 10.9. The molecule has 1 atom stereocenters. The van der Waals surface area contributed by atoms with Crippen LogP contribution >= 0.6 is 0 Å². The molecule has 3 N–H and O–H groups in total. The lowest BCUT2D eigenvalue weighted by Gasteiger charge is -2.15. The van der Waals surface area contributed by atoms with E-state index in [0.29, 0.717) is 17.2 Å². The Morgan fingerprint density at radius 3 is 2.07 bits per heavy atom. The van der Waals surface area contributed by atoms with Crippen molar-refractivity contribution in [2.75, 3.05) is 11.9 Å². The van der Waals surface area contributed by atoms with Crippen molar-refractivity contribution in [1.29, 1.82) is 0 Å². The number of carbonyl (C=O) groups excluding carboxylic acids is 2. The summed E-state index contributed by atoms with van der Waals surface area (Å²) in [7, 11) is 0. The number of hydrogen-bond donors (Lipinski definition) is 2. The van der Waals surface area contributed by atoms with Crippen LogP contribution in [0.5, 0.6) is 11.5 Å². The third-order valence-electron chi connectivity index (χ3n) is 4.15. The highest BCUT2D eigenvalue weighted by atomic mass is 16.5. The second-order valence-corrected chi connectivity index (χ2v) is 6.42. The minimum absolute atomic E-state index is 0.195. The zero-order valence-corrected chi connectivity index (χ0v) is 16.0. The Bertz CT molecular complexity index is 954. The molecule has 3 aromatic rings. The van der Waals surface area contributed by atoms with Crippen molar-refractivity contribution in [1.82, 2.24) is 0 Å². The summed E-state index contributed by atoms with van der Waals surface area (Å²) in [6, 6.07) is 24.3. The fourth-order valence-corrected chi connectivity index (χ4v) is 2.65. The van der Waals surface area contributed by atoms with Crippen LogP contribution in [0.2, 0.25) is 0 Å². The molecule has 0 aromatic heterocycles. The molecule has 6 nitrogen and oxygen atoms in total. The van der Waals surface area contributed by atoms with E-state index in [0.717, 1.165) is 11.1 Å². The molecule has 0 saturated heterocycles. The molecule has 6 heteroatoms. The summed E-state index contributed by atoms with van der Waals surface area (Å²) in [4.78, 5) is 23.1. The third kappa shape index (κ3) is 5.84. The largest absolute Gasteiger partial charge is 0.484 e. The van der Waals surface area contributed by atoms with Gasteiger partial charge in [-0.3, -0.25) is 9.59 Å². The molecule has 0 radical (unpaired) electrons. The second-order valence-electron chi connectivity index (χ2n) is 6.42. The number of ether oxygens (including phenoxy) is 2. The Labute approximate surface area is 169 Å². The number of nitrogens with one attached hydrogen (secondary N) is 1. The van der Waals surface area contributed by atoms with Crippen molar-refractivity contribution in [2.24, 2.45) is 5.73 Å². The highest BCUT2D eigenvalue weighted by Gasteiger charge is 2.15. The SMILES string of the molecule is C[C@@H](Oc1ccc(-c2ccccc2)cc1)C(=O)Nc1ccc(OCC(N)=O)cc1. The zero-order valence-electron chi connectivity index (χ0n) is 16.0. The number of amides is 2. The van der Waals surface area contributed by atoms with Crippen molar-refractivity contribution < 1.29 is 19.1 Å². The average molecular weight is 390 g/mol. The molecule has 0 aliphatic rings. The van der Waals surface area contributed by atoms with Gasteiger partial charge in [0.05, 0.1) is 0 Å². The maximum atomic E-state index is 12.4. The van der Waals surface area contributed by atoms with E-state index in [4.69, 9.17) is 15.2 Å². The van der Waals surface area contributed by atoms with Crippen molar-refractivity contribution in [2.45, 2.75) is 13.0 Å². The van der Waals surface area contributed by atoms with Gasteiger partial charge < -0.3 is 20.5 Å². The predicted molar refractivity (Wildman–Crippen MR) is 112 cm³/mol.